The largest absolute Gasteiger partial charge is 0.496 e. The zero-order valence-electron chi connectivity index (χ0n) is 18.6. The van der Waals surface area contributed by atoms with E-state index in [2.05, 4.69) is 10.3 Å². The van der Waals surface area contributed by atoms with Gasteiger partial charge in [0.05, 0.1) is 43.5 Å². The van der Waals surface area contributed by atoms with Crippen LogP contribution in [0.1, 0.15) is 42.2 Å². The van der Waals surface area contributed by atoms with Crippen LogP contribution in [0.2, 0.25) is 0 Å². The fraction of sp³-hybridized carbons (Fsp3) is 0.455. The average molecular weight is 510 g/mol. The van der Waals surface area contributed by atoms with Gasteiger partial charge >= 0.3 is 6.18 Å². The van der Waals surface area contributed by atoms with E-state index in [0.717, 1.165) is 13.2 Å². The molecule has 4 unspecified atom stereocenters. The molecule has 0 saturated carbocycles. The van der Waals surface area contributed by atoms with Crippen LogP contribution in [-0.2, 0) is 9.53 Å². The minimum Gasteiger partial charge on any atom is -0.496 e. The van der Waals surface area contributed by atoms with Crippen LogP contribution in [0.5, 0.6) is 5.75 Å². The summed E-state index contributed by atoms with van der Waals surface area (Å²) in [5.41, 5.74) is 0.0731. The number of methoxy groups -OCH3 is 1. The summed E-state index contributed by atoms with van der Waals surface area (Å²) in [7, 11) is 1.08. The molecule has 1 amide bonds. The van der Waals surface area contributed by atoms with Crippen molar-refractivity contribution in [1.29, 1.82) is 0 Å². The maximum atomic E-state index is 13.5. The highest BCUT2D eigenvalue weighted by atomic mass is 19.4. The van der Waals surface area contributed by atoms with E-state index >= 15 is 0 Å². The number of aromatic nitrogens is 1. The number of hydrogen-bond acceptors (Lipinski definition) is 6. The topological polar surface area (TPSA) is 101 Å². The van der Waals surface area contributed by atoms with Gasteiger partial charge in [0.15, 0.2) is 6.10 Å². The van der Waals surface area contributed by atoms with E-state index in [1.807, 2.05) is 0 Å². The lowest BCUT2D eigenvalue weighted by Crippen LogP contribution is -2.33. The molecular formula is C22H24F6N2O5. The Balaban J connectivity index is 0.000000283. The van der Waals surface area contributed by atoms with Crippen LogP contribution < -0.4 is 10.1 Å². The first-order chi connectivity index (χ1) is 16.5. The lowest BCUT2D eigenvalue weighted by molar-refractivity contribution is -0.215. The van der Waals surface area contributed by atoms with Gasteiger partial charge in [0, 0.05) is 17.4 Å². The number of hydrogen-bond donors (Lipinski definition) is 3. The third kappa shape index (κ3) is 6.83. The number of benzene rings is 1. The van der Waals surface area contributed by atoms with Crippen LogP contribution in [0.15, 0.2) is 30.5 Å². The summed E-state index contributed by atoms with van der Waals surface area (Å²) in [6, 6.07) is 5.11. The predicted molar refractivity (Wildman–Crippen MR) is 112 cm³/mol. The van der Waals surface area contributed by atoms with Crippen molar-refractivity contribution in [2.75, 3.05) is 25.6 Å². The molecule has 4 atom stereocenters. The minimum atomic E-state index is -4.55. The van der Waals surface area contributed by atoms with Gasteiger partial charge in [-0.3, -0.25) is 9.78 Å². The summed E-state index contributed by atoms with van der Waals surface area (Å²) in [6.45, 7) is 0.657. The molecule has 1 aliphatic heterocycles. The van der Waals surface area contributed by atoms with Crippen molar-refractivity contribution in [2.45, 2.75) is 37.7 Å². The van der Waals surface area contributed by atoms with Gasteiger partial charge in [0.2, 0.25) is 6.41 Å². The minimum absolute atomic E-state index is 0.0958. The summed E-state index contributed by atoms with van der Waals surface area (Å²) < 4.78 is 87.6. The first kappa shape index (κ1) is 28.3. The second-order valence-corrected chi connectivity index (χ2v) is 7.58. The third-order valence-corrected chi connectivity index (χ3v) is 5.41. The zero-order chi connectivity index (χ0) is 26.3. The molecule has 0 bridgehead atoms. The molecular weight excluding hydrogens is 486 g/mol. The molecule has 0 aliphatic carbocycles. The highest BCUT2D eigenvalue weighted by Gasteiger charge is 2.51. The Morgan fingerprint density at radius 2 is 1.97 bits per heavy atom. The Hall–Kier alpha value is -2.90. The average Bonchev–Trinajstić information content (AvgIpc) is 3.20. The molecule has 0 spiro atoms. The van der Waals surface area contributed by atoms with Crippen molar-refractivity contribution in [3.8, 4) is 5.75 Å². The Kier molecular flexibility index (Phi) is 9.86. The Morgan fingerprint density at radius 3 is 2.43 bits per heavy atom. The third-order valence-electron chi connectivity index (χ3n) is 5.41. The van der Waals surface area contributed by atoms with Crippen molar-refractivity contribution in [2.24, 2.45) is 5.92 Å². The molecule has 1 aromatic heterocycles. The number of anilines is 1. The van der Waals surface area contributed by atoms with Crippen LogP contribution in [0.4, 0.5) is 32.0 Å². The number of aliphatic hydroxyl groups is 2. The number of carbonyl (C=O) groups is 1. The van der Waals surface area contributed by atoms with E-state index < -0.39 is 53.8 Å². The van der Waals surface area contributed by atoms with Crippen LogP contribution in [0.3, 0.4) is 0 Å². The number of nitrogens with zero attached hydrogens (tertiary/aromatic N) is 1. The molecule has 13 heteroatoms. The number of rotatable bonds is 7. The first-order valence-electron chi connectivity index (χ1n) is 10.2. The summed E-state index contributed by atoms with van der Waals surface area (Å²) in [4.78, 5) is 13.9. The SMILES string of the molecule is COc1c(C2COC(C(F)(F)F)C2C)ccc(F)c1C(F)F.O=CNc1ccc(C(O)CO)nc1. The highest BCUT2D eigenvalue weighted by Crippen LogP contribution is 2.46. The molecule has 3 N–H and O–H groups in total. The molecule has 2 heterocycles. The van der Waals surface area contributed by atoms with Crippen molar-refractivity contribution in [1.82, 2.24) is 4.98 Å². The number of halogens is 6. The maximum absolute atomic E-state index is 13.5. The van der Waals surface area contributed by atoms with E-state index in [0.29, 0.717) is 17.8 Å². The van der Waals surface area contributed by atoms with Crippen LogP contribution >= 0.6 is 0 Å². The summed E-state index contributed by atoms with van der Waals surface area (Å²) in [5, 5.41) is 20.2. The second kappa shape index (κ2) is 12.2. The van der Waals surface area contributed by atoms with E-state index in [9.17, 15) is 31.1 Å². The van der Waals surface area contributed by atoms with Crippen LogP contribution in [0.25, 0.3) is 0 Å². The number of carbonyl (C=O) groups excluding carboxylic acids is 1. The van der Waals surface area contributed by atoms with Crippen molar-refractivity contribution >= 4 is 12.1 Å². The van der Waals surface area contributed by atoms with Gasteiger partial charge in [0.25, 0.3) is 6.43 Å². The highest BCUT2D eigenvalue weighted by molar-refractivity contribution is 5.70. The van der Waals surface area contributed by atoms with Gasteiger partial charge in [-0.25, -0.2) is 13.2 Å². The van der Waals surface area contributed by atoms with E-state index in [4.69, 9.17) is 19.7 Å². The van der Waals surface area contributed by atoms with Gasteiger partial charge in [-0.15, -0.1) is 0 Å². The van der Waals surface area contributed by atoms with Crippen molar-refractivity contribution in [3.63, 3.8) is 0 Å². The molecule has 35 heavy (non-hydrogen) atoms. The van der Waals surface area contributed by atoms with Crippen LogP contribution in [0, 0.1) is 11.7 Å². The summed E-state index contributed by atoms with van der Waals surface area (Å²) in [6.07, 6.45) is -8.69. The maximum Gasteiger partial charge on any atom is 0.414 e. The first-order valence-corrected chi connectivity index (χ1v) is 10.2. The molecule has 2 aromatic rings. The van der Waals surface area contributed by atoms with Gasteiger partial charge < -0.3 is 25.0 Å². The van der Waals surface area contributed by atoms with Gasteiger partial charge in [-0.1, -0.05) is 13.0 Å². The monoisotopic (exact) mass is 510 g/mol. The van der Waals surface area contributed by atoms with Crippen molar-refractivity contribution in [3.05, 3.63) is 53.1 Å². The molecule has 3 rings (SSSR count). The molecule has 1 aliphatic rings. The Bertz CT molecular complexity index is 974. The summed E-state index contributed by atoms with van der Waals surface area (Å²) >= 11 is 0. The summed E-state index contributed by atoms with van der Waals surface area (Å²) in [5.74, 6) is -3.38. The van der Waals surface area contributed by atoms with Crippen LogP contribution in [-0.4, -0.2) is 54.2 Å². The molecule has 7 nitrogen and oxygen atoms in total. The fourth-order valence-corrected chi connectivity index (χ4v) is 3.65. The predicted octanol–water partition coefficient (Wildman–Crippen LogP) is 4.13. The number of aliphatic hydroxyl groups excluding tert-OH is 2. The number of nitrogens with one attached hydrogen (secondary N) is 1. The fourth-order valence-electron chi connectivity index (χ4n) is 3.65. The van der Waals surface area contributed by atoms with Gasteiger partial charge in [-0.2, -0.15) is 13.2 Å². The standard InChI is InChI=1S/C14H14F6O2.C8H10N2O3/c1-6-8(5-22-12(6)14(18,19)20)7-3-4-9(15)10(13(16)17)11(7)21-2;11-4-8(13)7-2-1-6(3-9-7)10-5-12/h3-4,6,8,12-13H,5H2,1-2H3;1-3,5,8,11,13H,4H2,(H,10,12). The quantitative estimate of drug-likeness (QED) is 0.383. The molecule has 1 aromatic carbocycles. The van der Waals surface area contributed by atoms with Gasteiger partial charge in [0.1, 0.15) is 17.7 Å². The molecule has 194 valence electrons. The number of amides is 1. The van der Waals surface area contributed by atoms with Gasteiger partial charge in [-0.05, 0) is 18.2 Å². The zero-order valence-corrected chi connectivity index (χ0v) is 18.6. The smallest absolute Gasteiger partial charge is 0.414 e. The Labute approximate surface area is 196 Å². The Morgan fingerprint density at radius 1 is 1.29 bits per heavy atom. The molecule has 1 saturated heterocycles. The van der Waals surface area contributed by atoms with E-state index in [-0.39, 0.29) is 18.8 Å². The lowest BCUT2D eigenvalue weighted by atomic mass is 9.85. The number of ether oxygens (including phenoxy) is 2. The number of alkyl halides is 5. The molecule has 0 radical (unpaired) electrons. The lowest BCUT2D eigenvalue weighted by Gasteiger charge is -2.23. The normalized spacial score (nSPS) is 20.7. The number of pyridine rings is 1. The molecule has 1 fully saturated rings. The van der Waals surface area contributed by atoms with Crippen molar-refractivity contribution < 1.29 is 50.8 Å². The van der Waals surface area contributed by atoms with E-state index in [1.165, 1.54) is 25.3 Å². The second-order valence-electron chi connectivity index (χ2n) is 7.58. The van der Waals surface area contributed by atoms with E-state index in [1.54, 1.807) is 6.07 Å².